The number of Topliss-reactive ketones (excluding diaryl/α,β-unsaturated/α-hetero) is 1. The molecule has 42 heavy (non-hydrogen) atoms. The summed E-state index contributed by atoms with van der Waals surface area (Å²) in [4.78, 5) is 34.3. The second-order valence-corrected chi connectivity index (χ2v) is 12.8. The fraction of sp³-hybridized carbons (Fsp3) is 0.629. The van der Waals surface area contributed by atoms with E-state index in [0.29, 0.717) is 36.2 Å². The van der Waals surface area contributed by atoms with Crippen molar-refractivity contribution < 1.29 is 34.4 Å². The van der Waals surface area contributed by atoms with Gasteiger partial charge in [0.25, 0.3) is 0 Å². The van der Waals surface area contributed by atoms with Crippen LogP contribution in [0.1, 0.15) is 95.6 Å². The molecule has 3 fully saturated rings. The van der Waals surface area contributed by atoms with Crippen molar-refractivity contribution in [3.63, 3.8) is 0 Å². The molecular weight excluding hydrogens is 532 g/mol. The van der Waals surface area contributed by atoms with E-state index in [9.17, 15) is 29.7 Å². The van der Waals surface area contributed by atoms with Gasteiger partial charge in [0.15, 0.2) is 5.78 Å². The van der Waals surface area contributed by atoms with E-state index in [0.717, 1.165) is 32.1 Å². The molecule has 4 aliphatic rings. The number of carbonyl (C=O) groups is 3. The first kappa shape index (κ1) is 32.2. The molecule has 3 N–H and O–H groups in total. The molecule has 0 radical (unpaired) electrons. The van der Waals surface area contributed by atoms with Crippen molar-refractivity contribution in [3.8, 4) is 5.75 Å². The van der Waals surface area contributed by atoms with Gasteiger partial charge in [0.05, 0.1) is 12.0 Å². The Bertz CT molecular complexity index is 1170. The second kappa shape index (κ2) is 14.1. The highest BCUT2D eigenvalue weighted by Gasteiger charge is 2.56. The van der Waals surface area contributed by atoms with Crippen LogP contribution < -0.4 is 0 Å². The predicted octanol–water partition coefficient (Wildman–Crippen LogP) is 5.59. The van der Waals surface area contributed by atoms with Gasteiger partial charge >= 0.3 is 5.97 Å². The number of aryl methyl sites for hydroxylation is 1. The first-order chi connectivity index (χ1) is 20.1. The van der Waals surface area contributed by atoms with Crippen molar-refractivity contribution in [1.82, 2.24) is 0 Å². The van der Waals surface area contributed by atoms with Gasteiger partial charge in [-0.3, -0.25) is 9.59 Å². The summed E-state index contributed by atoms with van der Waals surface area (Å²) >= 11 is 0. The number of fused-ring (bicyclic) bond motifs is 5. The van der Waals surface area contributed by atoms with Crippen LogP contribution in [-0.2, 0) is 25.5 Å². The minimum atomic E-state index is -1.43. The van der Waals surface area contributed by atoms with E-state index in [-0.39, 0.29) is 29.8 Å². The van der Waals surface area contributed by atoms with E-state index in [1.807, 2.05) is 31.2 Å². The highest BCUT2D eigenvalue weighted by atomic mass is 16.5. The maximum Gasteiger partial charge on any atom is 0.305 e. The Morgan fingerprint density at radius 3 is 2.62 bits per heavy atom. The lowest BCUT2D eigenvalue weighted by Gasteiger charge is -2.50. The van der Waals surface area contributed by atoms with Crippen LogP contribution in [0.25, 0.3) is 0 Å². The van der Waals surface area contributed by atoms with Crippen molar-refractivity contribution in [2.45, 2.75) is 109 Å². The Labute approximate surface area is 250 Å². The van der Waals surface area contributed by atoms with Gasteiger partial charge in [0.2, 0.25) is 0 Å². The van der Waals surface area contributed by atoms with Gasteiger partial charge in [-0.2, -0.15) is 0 Å². The minimum Gasteiger partial charge on any atom is -0.508 e. The largest absolute Gasteiger partial charge is 0.508 e. The van der Waals surface area contributed by atoms with Crippen LogP contribution >= 0.6 is 0 Å². The Hall–Kier alpha value is -2.77. The van der Waals surface area contributed by atoms with Gasteiger partial charge < -0.3 is 24.9 Å². The lowest BCUT2D eigenvalue weighted by Crippen LogP contribution is -2.47. The molecule has 0 amide bonds. The maximum atomic E-state index is 11.8. The summed E-state index contributed by atoms with van der Waals surface area (Å²) in [7, 11) is 0. The van der Waals surface area contributed by atoms with E-state index in [1.54, 1.807) is 12.2 Å². The number of aliphatic hydroxyl groups excluding tert-OH is 2. The molecular formula is C35H48O7. The molecule has 1 aromatic carbocycles. The topological polar surface area (TPSA) is 121 Å². The summed E-state index contributed by atoms with van der Waals surface area (Å²) in [5.41, 5.74) is 2.95. The normalized spacial score (nSPS) is 35.6. The number of aliphatic hydroxyl groups is 2. The minimum absolute atomic E-state index is 0.0477. The number of rotatable bonds is 7. The quantitative estimate of drug-likeness (QED) is 0.166. The summed E-state index contributed by atoms with van der Waals surface area (Å²) in [6.07, 6.45) is 15.1. The van der Waals surface area contributed by atoms with Crippen LogP contribution in [0.3, 0.4) is 0 Å². The number of ether oxygens (including phenoxy) is 1. The van der Waals surface area contributed by atoms with Crippen molar-refractivity contribution in [3.05, 3.63) is 53.6 Å². The molecule has 0 saturated heterocycles. The highest BCUT2D eigenvalue weighted by Crippen LogP contribution is 2.61. The van der Waals surface area contributed by atoms with Crippen LogP contribution in [-0.4, -0.2) is 51.7 Å². The average molecular weight is 581 g/mol. The Morgan fingerprint density at radius 2 is 1.90 bits per heavy atom. The molecule has 0 spiro atoms. The lowest BCUT2D eigenvalue weighted by molar-refractivity contribution is -0.157. The number of carbonyl (C=O) groups excluding carboxylic acids is 3. The Balaban J connectivity index is 0.000000202. The predicted molar refractivity (Wildman–Crippen MR) is 161 cm³/mol. The molecule has 0 aromatic heterocycles. The zero-order chi connectivity index (χ0) is 30.4. The molecule has 0 bridgehead atoms. The molecule has 7 heteroatoms. The Morgan fingerprint density at radius 1 is 1.12 bits per heavy atom. The maximum absolute atomic E-state index is 11.8. The van der Waals surface area contributed by atoms with E-state index < -0.39 is 23.9 Å². The van der Waals surface area contributed by atoms with Gasteiger partial charge in [0.1, 0.15) is 24.2 Å². The number of hydrogen-bond acceptors (Lipinski definition) is 7. The number of ketones is 1. The van der Waals surface area contributed by atoms with Gasteiger partial charge in [-0.25, -0.2) is 0 Å². The molecule has 9 unspecified atom stereocenters. The summed E-state index contributed by atoms with van der Waals surface area (Å²) < 4.78 is 5.83. The van der Waals surface area contributed by atoms with Gasteiger partial charge in [-0.15, -0.1) is 0 Å². The molecule has 9 atom stereocenters. The van der Waals surface area contributed by atoms with Crippen molar-refractivity contribution in [2.75, 3.05) is 0 Å². The van der Waals surface area contributed by atoms with E-state index in [1.165, 1.54) is 30.4 Å². The fourth-order valence-electron chi connectivity index (χ4n) is 8.02. The molecule has 5 rings (SSSR count). The van der Waals surface area contributed by atoms with Gasteiger partial charge in [-0.1, -0.05) is 57.6 Å². The number of phenols is 1. The van der Waals surface area contributed by atoms with Crippen LogP contribution in [0.15, 0.2) is 42.5 Å². The number of esters is 1. The molecule has 7 nitrogen and oxygen atoms in total. The summed E-state index contributed by atoms with van der Waals surface area (Å²) in [6, 6.07) is 5.95. The number of aromatic hydroxyl groups is 1. The van der Waals surface area contributed by atoms with Crippen LogP contribution in [0.2, 0.25) is 0 Å². The summed E-state index contributed by atoms with van der Waals surface area (Å²) in [5.74, 6) is 0.551. The van der Waals surface area contributed by atoms with Crippen LogP contribution in [0.5, 0.6) is 5.75 Å². The SMILES string of the molecule is CCC(=O)OC1CCC2C3CCc4cc(O)ccc4C3CCC12C.CCCC=CC=CC1CC(O)C(O)C(=O)C1C=O. The zero-order valence-corrected chi connectivity index (χ0v) is 25.3. The van der Waals surface area contributed by atoms with Crippen LogP contribution in [0, 0.1) is 29.1 Å². The number of hydrogen-bond donors (Lipinski definition) is 3. The van der Waals surface area contributed by atoms with Crippen molar-refractivity contribution in [1.29, 1.82) is 0 Å². The summed E-state index contributed by atoms with van der Waals surface area (Å²) in [6.45, 7) is 6.32. The fourth-order valence-corrected chi connectivity index (χ4v) is 8.02. The van der Waals surface area contributed by atoms with Crippen LogP contribution in [0.4, 0.5) is 0 Å². The highest BCUT2D eigenvalue weighted by molar-refractivity contribution is 5.97. The first-order valence-electron chi connectivity index (χ1n) is 15.8. The van der Waals surface area contributed by atoms with E-state index >= 15 is 0 Å². The van der Waals surface area contributed by atoms with Gasteiger partial charge in [0, 0.05) is 11.8 Å². The summed E-state index contributed by atoms with van der Waals surface area (Å²) in [5, 5.41) is 28.7. The molecule has 0 heterocycles. The smallest absolute Gasteiger partial charge is 0.305 e. The van der Waals surface area contributed by atoms with Crippen molar-refractivity contribution in [2.24, 2.45) is 29.1 Å². The number of aldehydes is 1. The lowest BCUT2D eigenvalue weighted by atomic mass is 9.55. The number of benzene rings is 1. The molecule has 230 valence electrons. The van der Waals surface area contributed by atoms with E-state index in [2.05, 4.69) is 19.9 Å². The number of allylic oxidation sites excluding steroid dienone is 4. The third-order valence-corrected chi connectivity index (χ3v) is 10.4. The molecule has 3 saturated carbocycles. The van der Waals surface area contributed by atoms with Crippen molar-refractivity contribution >= 4 is 18.0 Å². The second-order valence-electron chi connectivity index (χ2n) is 12.8. The number of phenolic OH excluding ortho intramolecular Hbond substituents is 1. The molecule has 0 aliphatic heterocycles. The average Bonchev–Trinajstić information content (AvgIpc) is 3.31. The monoisotopic (exact) mass is 580 g/mol. The third-order valence-electron chi connectivity index (χ3n) is 10.4. The van der Waals surface area contributed by atoms with E-state index in [4.69, 9.17) is 4.74 Å². The van der Waals surface area contributed by atoms with Gasteiger partial charge in [-0.05, 0) is 98.3 Å². The Kier molecular flexibility index (Phi) is 10.8. The standard InChI is InChI=1S/C21H28O3.C14H20O4/c1-3-20(23)24-19-9-8-18-17-6-4-13-12-14(22)5-7-15(13)16(17)10-11-21(18,19)2;1-2-3-4-5-6-7-10-8-12(16)14(18)13(17)11(10)9-15/h5,7,12,16-19,22H,3-4,6,8-11H2,1-2H3;4-7,9-12,14,16,18H,2-3,8H2,1H3. The number of unbranched alkanes of at least 4 members (excludes halogenated alkanes) is 1. The third kappa shape index (κ3) is 6.73. The first-order valence-corrected chi connectivity index (χ1v) is 15.8. The molecule has 1 aromatic rings. The molecule has 4 aliphatic carbocycles. The zero-order valence-electron chi connectivity index (χ0n) is 25.3.